The van der Waals surface area contributed by atoms with Crippen LogP contribution in [0.15, 0.2) is 66.7 Å². The van der Waals surface area contributed by atoms with E-state index in [0.29, 0.717) is 12.3 Å². The van der Waals surface area contributed by atoms with Crippen LogP contribution in [0.5, 0.6) is 5.75 Å². The van der Waals surface area contributed by atoms with E-state index in [1.807, 2.05) is 43.3 Å². The van der Waals surface area contributed by atoms with Gasteiger partial charge in [0.2, 0.25) is 5.91 Å². The predicted octanol–water partition coefficient (Wildman–Crippen LogP) is 3.54. The van der Waals surface area contributed by atoms with E-state index >= 15 is 0 Å². The molecule has 0 bridgehead atoms. The second-order valence-electron chi connectivity index (χ2n) is 7.61. The molecule has 1 aliphatic heterocycles. The van der Waals surface area contributed by atoms with Crippen LogP contribution in [0.4, 0.5) is 5.69 Å². The molecule has 0 aliphatic carbocycles. The van der Waals surface area contributed by atoms with Crippen LogP contribution in [-0.4, -0.2) is 48.6 Å². The SMILES string of the molecule is CC(NC(=O)CN1CCN(c2ccccc2O)CC1)c1cccc2ccccc12. The summed E-state index contributed by atoms with van der Waals surface area (Å²) in [5, 5.41) is 15.6. The Morgan fingerprint density at radius 2 is 1.66 bits per heavy atom. The van der Waals surface area contributed by atoms with Crippen molar-refractivity contribution in [2.45, 2.75) is 13.0 Å². The van der Waals surface area contributed by atoms with Crippen molar-refractivity contribution in [3.05, 3.63) is 72.3 Å². The molecule has 0 spiro atoms. The number of para-hydroxylation sites is 2. The normalized spacial score (nSPS) is 16.0. The average molecular weight is 389 g/mol. The monoisotopic (exact) mass is 389 g/mol. The minimum absolute atomic E-state index is 0.0430. The van der Waals surface area contributed by atoms with Crippen molar-refractivity contribution in [2.75, 3.05) is 37.6 Å². The highest BCUT2D eigenvalue weighted by atomic mass is 16.3. The number of benzene rings is 3. The molecule has 5 nitrogen and oxygen atoms in total. The van der Waals surface area contributed by atoms with Crippen LogP contribution < -0.4 is 10.2 Å². The zero-order valence-electron chi connectivity index (χ0n) is 16.7. The van der Waals surface area contributed by atoms with E-state index < -0.39 is 0 Å². The van der Waals surface area contributed by atoms with Crippen LogP contribution in [0.3, 0.4) is 0 Å². The minimum atomic E-state index is -0.0452. The molecule has 5 heteroatoms. The van der Waals surface area contributed by atoms with Gasteiger partial charge in [-0.1, -0.05) is 54.6 Å². The van der Waals surface area contributed by atoms with Crippen molar-refractivity contribution >= 4 is 22.4 Å². The Hall–Kier alpha value is -3.05. The number of carbonyl (C=O) groups is 1. The van der Waals surface area contributed by atoms with E-state index in [2.05, 4.69) is 39.4 Å². The molecule has 29 heavy (non-hydrogen) atoms. The molecule has 0 saturated carbocycles. The van der Waals surface area contributed by atoms with Gasteiger partial charge in [0.05, 0.1) is 18.3 Å². The number of anilines is 1. The number of fused-ring (bicyclic) bond motifs is 1. The molecule has 1 aliphatic rings. The summed E-state index contributed by atoms with van der Waals surface area (Å²) in [6.45, 7) is 5.61. The van der Waals surface area contributed by atoms with Crippen molar-refractivity contribution < 1.29 is 9.90 Å². The summed E-state index contributed by atoms with van der Waals surface area (Å²) in [5.74, 6) is 0.351. The lowest BCUT2D eigenvalue weighted by molar-refractivity contribution is -0.123. The van der Waals surface area contributed by atoms with E-state index in [4.69, 9.17) is 0 Å². The van der Waals surface area contributed by atoms with Gasteiger partial charge >= 0.3 is 0 Å². The summed E-state index contributed by atoms with van der Waals surface area (Å²) < 4.78 is 0. The number of nitrogens with one attached hydrogen (secondary N) is 1. The van der Waals surface area contributed by atoms with Crippen molar-refractivity contribution in [2.24, 2.45) is 0 Å². The molecule has 1 amide bonds. The average Bonchev–Trinajstić information content (AvgIpc) is 2.74. The van der Waals surface area contributed by atoms with E-state index in [-0.39, 0.29) is 11.9 Å². The Labute approximate surface area is 171 Å². The smallest absolute Gasteiger partial charge is 0.234 e. The molecule has 1 fully saturated rings. The highest BCUT2D eigenvalue weighted by Gasteiger charge is 2.21. The molecule has 3 aromatic rings. The van der Waals surface area contributed by atoms with Crippen molar-refractivity contribution in [3.8, 4) is 5.75 Å². The highest BCUT2D eigenvalue weighted by Crippen LogP contribution is 2.27. The molecule has 1 heterocycles. The standard InChI is InChI=1S/C24H27N3O2/c1-18(20-10-6-8-19-7-2-3-9-21(19)20)25-24(29)17-26-13-15-27(16-14-26)22-11-4-5-12-23(22)28/h2-12,18,28H,13-17H2,1H3,(H,25,29). The van der Waals surface area contributed by atoms with Crippen molar-refractivity contribution in [1.82, 2.24) is 10.2 Å². The van der Waals surface area contributed by atoms with Gasteiger partial charge in [-0.15, -0.1) is 0 Å². The Morgan fingerprint density at radius 3 is 2.45 bits per heavy atom. The van der Waals surface area contributed by atoms with Crippen LogP contribution in [0.25, 0.3) is 10.8 Å². The Balaban J connectivity index is 1.33. The Kier molecular flexibility index (Phi) is 5.67. The third-order valence-electron chi connectivity index (χ3n) is 5.63. The zero-order valence-corrected chi connectivity index (χ0v) is 16.7. The van der Waals surface area contributed by atoms with E-state index in [0.717, 1.165) is 37.4 Å². The second kappa shape index (κ2) is 8.53. The van der Waals surface area contributed by atoms with Crippen LogP contribution in [0, 0.1) is 0 Å². The van der Waals surface area contributed by atoms with Gasteiger partial charge in [0.25, 0.3) is 0 Å². The lowest BCUT2D eigenvalue weighted by atomic mass is 10.00. The molecule has 1 saturated heterocycles. The van der Waals surface area contributed by atoms with Gasteiger partial charge < -0.3 is 15.3 Å². The number of carbonyl (C=O) groups excluding carboxylic acids is 1. The van der Waals surface area contributed by atoms with Gasteiger partial charge in [0.1, 0.15) is 5.75 Å². The molecule has 150 valence electrons. The molecule has 0 aromatic heterocycles. The first-order valence-electron chi connectivity index (χ1n) is 10.1. The number of rotatable bonds is 5. The summed E-state index contributed by atoms with van der Waals surface area (Å²) in [6, 6.07) is 21.8. The number of phenols is 1. The fourth-order valence-electron chi connectivity index (χ4n) is 4.07. The van der Waals surface area contributed by atoms with Crippen LogP contribution in [0.2, 0.25) is 0 Å². The predicted molar refractivity (Wildman–Crippen MR) is 117 cm³/mol. The molecule has 3 aromatic carbocycles. The largest absolute Gasteiger partial charge is 0.506 e. The number of amides is 1. The first-order valence-corrected chi connectivity index (χ1v) is 10.1. The summed E-state index contributed by atoms with van der Waals surface area (Å²) in [6.07, 6.45) is 0. The maximum Gasteiger partial charge on any atom is 0.234 e. The molecule has 0 radical (unpaired) electrons. The van der Waals surface area contributed by atoms with E-state index in [1.54, 1.807) is 6.07 Å². The number of aromatic hydroxyl groups is 1. The number of hydrogen-bond acceptors (Lipinski definition) is 4. The van der Waals surface area contributed by atoms with Gasteiger partial charge in [0.15, 0.2) is 0 Å². The molecule has 2 N–H and O–H groups in total. The van der Waals surface area contributed by atoms with Gasteiger partial charge in [-0.25, -0.2) is 0 Å². The molecular weight excluding hydrogens is 362 g/mol. The Bertz CT molecular complexity index is 991. The third-order valence-corrected chi connectivity index (χ3v) is 5.63. The fourth-order valence-corrected chi connectivity index (χ4v) is 4.07. The molecule has 1 atom stereocenters. The number of phenolic OH excluding ortho intramolecular Hbond substituents is 1. The van der Waals surface area contributed by atoms with Crippen LogP contribution >= 0.6 is 0 Å². The lowest BCUT2D eigenvalue weighted by Crippen LogP contribution is -2.49. The molecule has 4 rings (SSSR count). The maximum atomic E-state index is 12.6. The maximum absolute atomic E-state index is 12.6. The van der Waals surface area contributed by atoms with E-state index in [1.165, 1.54) is 10.8 Å². The summed E-state index contributed by atoms with van der Waals surface area (Å²) in [4.78, 5) is 17.0. The summed E-state index contributed by atoms with van der Waals surface area (Å²) in [7, 11) is 0. The first kappa shape index (κ1) is 19.3. The number of nitrogens with zero attached hydrogens (tertiary/aromatic N) is 2. The van der Waals surface area contributed by atoms with E-state index in [9.17, 15) is 9.90 Å². The summed E-state index contributed by atoms with van der Waals surface area (Å²) in [5.41, 5.74) is 2.00. The van der Waals surface area contributed by atoms with Gasteiger partial charge in [-0.2, -0.15) is 0 Å². The first-order chi connectivity index (χ1) is 14.1. The molecule has 1 unspecified atom stereocenters. The van der Waals surface area contributed by atoms with Crippen molar-refractivity contribution in [1.29, 1.82) is 0 Å². The Morgan fingerprint density at radius 1 is 0.966 bits per heavy atom. The van der Waals surface area contributed by atoms with Crippen LogP contribution in [-0.2, 0) is 4.79 Å². The minimum Gasteiger partial charge on any atom is -0.506 e. The molecular formula is C24H27N3O2. The topological polar surface area (TPSA) is 55.8 Å². The van der Waals surface area contributed by atoms with Gasteiger partial charge in [0, 0.05) is 26.2 Å². The zero-order chi connectivity index (χ0) is 20.2. The third kappa shape index (κ3) is 4.35. The number of piperazine rings is 1. The van der Waals surface area contributed by atoms with Crippen LogP contribution in [0.1, 0.15) is 18.5 Å². The highest BCUT2D eigenvalue weighted by molar-refractivity contribution is 5.87. The summed E-state index contributed by atoms with van der Waals surface area (Å²) >= 11 is 0. The van der Waals surface area contributed by atoms with Crippen molar-refractivity contribution in [3.63, 3.8) is 0 Å². The number of hydrogen-bond donors (Lipinski definition) is 2. The van der Waals surface area contributed by atoms with Gasteiger partial charge in [-0.3, -0.25) is 9.69 Å². The second-order valence-corrected chi connectivity index (χ2v) is 7.61. The fraction of sp³-hybridized carbons (Fsp3) is 0.292. The quantitative estimate of drug-likeness (QED) is 0.701. The lowest BCUT2D eigenvalue weighted by Gasteiger charge is -2.36. The van der Waals surface area contributed by atoms with Gasteiger partial charge in [-0.05, 0) is 35.4 Å².